The maximum atomic E-state index is 14.0. The van der Waals surface area contributed by atoms with Gasteiger partial charge in [-0.1, -0.05) is 56.0 Å². The summed E-state index contributed by atoms with van der Waals surface area (Å²) in [4.78, 5) is 41.3. The van der Waals surface area contributed by atoms with Crippen LogP contribution in [0.4, 0.5) is 0 Å². The maximum Gasteiger partial charge on any atom is 0.254 e. The van der Waals surface area contributed by atoms with E-state index in [1.807, 2.05) is 13.0 Å². The van der Waals surface area contributed by atoms with Gasteiger partial charge in [-0.25, -0.2) is 4.68 Å². The first-order chi connectivity index (χ1) is 20.7. The van der Waals surface area contributed by atoms with Crippen molar-refractivity contribution in [2.24, 2.45) is 5.92 Å². The van der Waals surface area contributed by atoms with Crippen molar-refractivity contribution in [3.05, 3.63) is 47.8 Å². The van der Waals surface area contributed by atoms with Crippen molar-refractivity contribution >= 4 is 17.7 Å². The van der Waals surface area contributed by atoms with Gasteiger partial charge in [-0.15, -0.1) is 5.10 Å². The Labute approximate surface area is 251 Å². The Hall–Kier alpha value is -3.39. The molecule has 236 valence electrons. The van der Waals surface area contributed by atoms with Crippen LogP contribution in [0.1, 0.15) is 81.1 Å². The highest BCUT2D eigenvalue weighted by molar-refractivity contribution is 5.97. The number of benzene rings is 1. The van der Waals surface area contributed by atoms with E-state index < -0.39 is 49.1 Å². The predicted molar refractivity (Wildman–Crippen MR) is 155 cm³/mol. The van der Waals surface area contributed by atoms with Crippen LogP contribution in [0.15, 0.2) is 36.5 Å². The Balaban J connectivity index is 1.67. The zero-order chi connectivity index (χ0) is 30.9. The van der Waals surface area contributed by atoms with Gasteiger partial charge in [0.2, 0.25) is 11.8 Å². The topological polar surface area (TPSA) is 179 Å². The van der Waals surface area contributed by atoms with Crippen molar-refractivity contribution in [2.75, 3.05) is 13.2 Å². The van der Waals surface area contributed by atoms with Crippen molar-refractivity contribution in [3.63, 3.8) is 0 Å². The largest absolute Gasteiger partial charge is 0.394 e. The molecule has 1 aromatic heterocycles. The molecule has 4 rings (SSSR count). The molecule has 1 aliphatic carbocycles. The summed E-state index contributed by atoms with van der Waals surface area (Å²) in [5.41, 5.74) is 0.805. The highest BCUT2D eigenvalue weighted by atomic mass is 16.5. The molecule has 2 fully saturated rings. The Kier molecular flexibility index (Phi) is 11.6. The van der Waals surface area contributed by atoms with Gasteiger partial charge in [0.05, 0.1) is 19.3 Å². The van der Waals surface area contributed by atoms with E-state index in [2.05, 4.69) is 20.9 Å². The zero-order valence-electron chi connectivity index (χ0n) is 24.8. The van der Waals surface area contributed by atoms with E-state index in [0.29, 0.717) is 17.8 Å². The second kappa shape index (κ2) is 15.4. The van der Waals surface area contributed by atoms with E-state index in [9.17, 15) is 29.7 Å². The lowest BCUT2D eigenvalue weighted by Crippen LogP contribution is -2.62. The summed E-state index contributed by atoms with van der Waals surface area (Å²) in [6, 6.07) is 7.00. The number of hydrogen-bond acceptors (Lipinski definition) is 9. The number of nitrogens with zero attached hydrogens (tertiary/aromatic N) is 4. The Morgan fingerprint density at radius 2 is 1.84 bits per heavy atom. The first-order valence-electron chi connectivity index (χ1n) is 15.2. The molecule has 0 spiro atoms. The summed E-state index contributed by atoms with van der Waals surface area (Å²) >= 11 is 0. The fourth-order valence-electron chi connectivity index (χ4n) is 6.00. The van der Waals surface area contributed by atoms with Crippen LogP contribution in [0.5, 0.6) is 0 Å². The van der Waals surface area contributed by atoms with Crippen LogP contribution in [-0.2, 0) is 20.9 Å². The van der Waals surface area contributed by atoms with Gasteiger partial charge in [0, 0.05) is 19.0 Å². The van der Waals surface area contributed by atoms with Crippen molar-refractivity contribution in [1.29, 1.82) is 0 Å². The van der Waals surface area contributed by atoms with Crippen LogP contribution in [0, 0.1) is 5.92 Å². The second-order valence-corrected chi connectivity index (χ2v) is 11.4. The Bertz CT molecular complexity index is 1200. The first-order valence-corrected chi connectivity index (χ1v) is 15.2. The molecule has 1 aromatic carbocycles. The number of amides is 3. The van der Waals surface area contributed by atoms with Crippen LogP contribution in [0.25, 0.3) is 0 Å². The molecule has 1 aliphatic heterocycles. The number of carbonyl (C=O) groups excluding carboxylic acids is 3. The molecule has 1 saturated carbocycles. The van der Waals surface area contributed by atoms with E-state index in [-0.39, 0.29) is 24.3 Å². The molecule has 43 heavy (non-hydrogen) atoms. The first kappa shape index (κ1) is 32.5. The molecule has 0 radical (unpaired) electrons. The second-order valence-electron chi connectivity index (χ2n) is 11.4. The van der Waals surface area contributed by atoms with Crippen LogP contribution < -0.4 is 10.6 Å². The molecule has 6 unspecified atom stereocenters. The lowest BCUT2D eigenvalue weighted by Gasteiger charge is -2.42. The molecule has 3 amide bonds. The van der Waals surface area contributed by atoms with E-state index in [1.165, 1.54) is 17.8 Å². The van der Waals surface area contributed by atoms with Crippen LogP contribution >= 0.6 is 0 Å². The lowest BCUT2D eigenvalue weighted by atomic mass is 9.82. The molecule has 2 aromatic rings. The minimum absolute atomic E-state index is 0.0224. The molecule has 2 aliphatic rings. The number of ether oxygens (including phenoxy) is 1. The number of unbranched alkanes of at least 4 members (excludes halogenated alkanes) is 1. The van der Waals surface area contributed by atoms with Crippen molar-refractivity contribution in [3.8, 4) is 0 Å². The summed E-state index contributed by atoms with van der Waals surface area (Å²) in [5, 5.41) is 44.9. The minimum atomic E-state index is -1.45. The Morgan fingerprint density at radius 1 is 1.12 bits per heavy atom. The quantitative estimate of drug-likeness (QED) is 0.221. The molecule has 2 heterocycles. The zero-order valence-corrected chi connectivity index (χ0v) is 24.8. The fraction of sp³-hybridized carbons (Fsp3) is 0.633. The monoisotopic (exact) mass is 600 g/mol. The van der Waals surface area contributed by atoms with Gasteiger partial charge in [0.1, 0.15) is 36.1 Å². The van der Waals surface area contributed by atoms with E-state index in [4.69, 9.17) is 4.74 Å². The Morgan fingerprint density at radius 3 is 2.49 bits per heavy atom. The minimum Gasteiger partial charge on any atom is -0.394 e. The third kappa shape index (κ3) is 7.96. The van der Waals surface area contributed by atoms with Gasteiger partial charge in [-0.2, -0.15) is 0 Å². The highest BCUT2D eigenvalue weighted by Gasteiger charge is 2.46. The summed E-state index contributed by atoms with van der Waals surface area (Å²) in [7, 11) is 0. The molecular weight excluding hydrogens is 556 g/mol. The van der Waals surface area contributed by atoms with Crippen LogP contribution in [0.2, 0.25) is 0 Å². The molecule has 1 saturated heterocycles. The van der Waals surface area contributed by atoms with Gasteiger partial charge in [-0.3, -0.25) is 14.4 Å². The number of aromatic nitrogens is 3. The van der Waals surface area contributed by atoms with E-state index in [0.717, 1.165) is 44.9 Å². The number of nitrogens with one attached hydrogen (secondary N) is 2. The normalized spacial score (nSPS) is 25.1. The number of rotatable bonds is 12. The number of hydrogen-bond donors (Lipinski definition) is 5. The average molecular weight is 601 g/mol. The fourth-order valence-corrected chi connectivity index (χ4v) is 6.00. The van der Waals surface area contributed by atoms with Gasteiger partial charge < -0.3 is 35.6 Å². The average Bonchev–Trinajstić information content (AvgIpc) is 3.48. The van der Waals surface area contributed by atoms with Crippen LogP contribution in [-0.4, -0.2) is 96.5 Å². The highest BCUT2D eigenvalue weighted by Crippen LogP contribution is 2.32. The predicted octanol–water partition coefficient (Wildman–Crippen LogP) is 0.902. The molecule has 0 bridgehead atoms. The van der Waals surface area contributed by atoms with Crippen molar-refractivity contribution < 1.29 is 34.4 Å². The summed E-state index contributed by atoms with van der Waals surface area (Å²) in [5.74, 6) is -0.982. The molecule has 13 nitrogen and oxygen atoms in total. The lowest BCUT2D eigenvalue weighted by molar-refractivity contribution is -0.219. The summed E-state index contributed by atoms with van der Waals surface area (Å²) in [6.07, 6.45) is 2.86. The summed E-state index contributed by atoms with van der Waals surface area (Å²) in [6.45, 7) is 3.24. The van der Waals surface area contributed by atoms with Gasteiger partial charge >= 0.3 is 0 Å². The molecule has 13 heteroatoms. The number of carbonyl (C=O) groups is 3. The summed E-state index contributed by atoms with van der Waals surface area (Å²) < 4.78 is 7.12. The third-order valence-electron chi connectivity index (χ3n) is 8.23. The van der Waals surface area contributed by atoms with Crippen LogP contribution in [0.3, 0.4) is 0 Å². The molecule has 5 N–H and O–H groups in total. The molecule has 6 atom stereocenters. The number of aliphatic hydroxyl groups is 3. The van der Waals surface area contributed by atoms with E-state index in [1.54, 1.807) is 29.2 Å². The van der Waals surface area contributed by atoms with Crippen molar-refractivity contribution in [2.45, 2.75) is 102 Å². The van der Waals surface area contributed by atoms with E-state index >= 15 is 0 Å². The number of aliphatic hydroxyl groups excluding tert-OH is 3. The van der Waals surface area contributed by atoms with Crippen molar-refractivity contribution in [1.82, 2.24) is 30.5 Å². The SMILES string of the molecule is CCCCNC(=O)C(C1CCCCC1)N(Cc1cn(C2OC(CO)C(O)C(O)C2NC(C)=O)nn1)C(=O)c1ccccc1. The van der Waals surface area contributed by atoms with Gasteiger partial charge in [0.15, 0.2) is 6.23 Å². The van der Waals surface area contributed by atoms with Gasteiger partial charge in [-0.05, 0) is 37.3 Å². The van der Waals surface area contributed by atoms with Gasteiger partial charge in [0.25, 0.3) is 5.91 Å². The maximum absolute atomic E-state index is 14.0. The third-order valence-corrected chi connectivity index (χ3v) is 8.23. The smallest absolute Gasteiger partial charge is 0.254 e. The standard InChI is InChI=1S/C30H44N6O7/c1-3-4-15-31-28(41)25(20-11-7-5-8-12-20)35(29(42)21-13-9-6-10-14-21)16-22-17-36(34-33-22)30-24(32-19(2)38)27(40)26(39)23(18-37)43-30/h6,9-10,13-14,17,20,23-27,30,37,39-40H,3-5,7-8,11-12,15-16,18H2,1-2H3,(H,31,41)(H,32,38). The molecular formula is C30H44N6O7.